The third kappa shape index (κ3) is 4.93. The summed E-state index contributed by atoms with van der Waals surface area (Å²) in [6, 6.07) is 5.64. The zero-order valence-electron chi connectivity index (χ0n) is 18.0. The zero-order valence-corrected chi connectivity index (χ0v) is 18.0. The van der Waals surface area contributed by atoms with Crippen LogP contribution in [0.4, 0.5) is 10.5 Å². The van der Waals surface area contributed by atoms with Gasteiger partial charge in [0.05, 0.1) is 17.9 Å². The van der Waals surface area contributed by atoms with Gasteiger partial charge in [0.15, 0.2) is 5.76 Å². The van der Waals surface area contributed by atoms with Crippen molar-refractivity contribution < 1.29 is 23.5 Å². The molecule has 0 bridgehead atoms. The Bertz CT molecular complexity index is 1050. The monoisotopic (exact) mass is 426 g/mol. The fourth-order valence-corrected chi connectivity index (χ4v) is 3.64. The molecule has 0 unspecified atom stereocenters. The number of benzene rings is 1. The molecule has 0 radical (unpaired) electrons. The molecule has 0 fully saturated rings. The molecular formula is C22H26N4O5. The van der Waals surface area contributed by atoms with Crippen LogP contribution in [0.25, 0.3) is 0 Å². The van der Waals surface area contributed by atoms with Crippen LogP contribution < -0.4 is 16.5 Å². The molecule has 1 aromatic heterocycles. The van der Waals surface area contributed by atoms with Crippen molar-refractivity contribution >= 4 is 29.3 Å². The maximum Gasteiger partial charge on any atom is 0.338 e. The molecule has 4 N–H and O–H groups in total. The van der Waals surface area contributed by atoms with E-state index in [9.17, 15) is 14.4 Å². The maximum atomic E-state index is 12.9. The number of furan rings is 1. The highest BCUT2D eigenvalue weighted by molar-refractivity contribution is 6.09. The van der Waals surface area contributed by atoms with Gasteiger partial charge in [0, 0.05) is 23.2 Å². The van der Waals surface area contributed by atoms with E-state index in [1.807, 2.05) is 0 Å². The van der Waals surface area contributed by atoms with Gasteiger partial charge in [0.2, 0.25) is 0 Å². The van der Waals surface area contributed by atoms with E-state index in [0.717, 1.165) is 5.56 Å². The van der Waals surface area contributed by atoms with Crippen molar-refractivity contribution in [3.05, 3.63) is 52.5 Å². The number of hydrogen-bond acceptors (Lipinski definition) is 6. The number of rotatable bonds is 5. The Hall–Kier alpha value is -3.62. The van der Waals surface area contributed by atoms with Crippen LogP contribution in [-0.4, -0.2) is 30.2 Å². The lowest BCUT2D eigenvalue weighted by molar-refractivity contribution is 0.0526. The fourth-order valence-electron chi connectivity index (χ4n) is 3.64. The van der Waals surface area contributed by atoms with Gasteiger partial charge < -0.3 is 20.2 Å². The predicted octanol–water partition coefficient (Wildman–Crippen LogP) is 3.36. The average molecular weight is 426 g/mol. The van der Waals surface area contributed by atoms with Gasteiger partial charge in [0.25, 0.3) is 5.91 Å². The van der Waals surface area contributed by atoms with Crippen LogP contribution in [-0.2, 0) is 11.2 Å². The highest BCUT2D eigenvalue weighted by Crippen LogP contribution is 2.39. The minimum atomic E-state index is -0.761. The topological polar surface area (TPSA) is 136 Å². The average Bonchev–Trinajstić information content (AvgIpc) is 3.02. The summed E-state index contributed by atoms with van der Waals surface area (Å²) in [7, 11) is 0. The third-order valence-corrected chi connectivity index (χ3v) is 4.95. The summed E-state index contributed by atoms with van der Waals surface area (Å²) < 4.78 is 10.9. The predicted molar refractivity (Wildman–Crippen MR) is 115 cm³/mol. The first-order valence-corrected chi connectivity index (χ1v) is 9.94. The van der Waals surface area contributed by atoms with E-state index in [4.69, 9.17) is 14.9 Å². The van der Waals surface area contributed by atoms with E-state index in [2.05, 4.69) is 29.7 Å². The van der Waals surface area contributed by atoms with Gasteiger partial charge in [-0.05, 0) is 49.9 Å². The smallest absolute Gasteiger partial charge is 0.338 e. The maximum absolute atomic E-state index is 12.9. The number of ether oxygens (including phenoxy) is 1. The van der Waals surface area contributed by atoms with Crippen LogP contribution >= 0.6 is 0 Å². The number of nitrogens with one attached hydrogen (secondary N) is 2. The Balaban J connectivity index is 1.86. The molecule has 9 nitrogen and oxygen atoms in total. The SMILES string of the molecule is CCOC(=O)c1ccc(NC(=O)c2oc3c(c2C)/C(=N\NC(N)=O)CC(C)(C)C3)cc1. The van der Waals surface area contributed by atoms with Crippen LogP contribution in [0.15, 0.2) is 33.8 Å². The summed E-state index contributed by atoms with van der Waals surface area (Å²) in [6.45, 7) is 7.91. The Morgan fingerprint density at radius 1 is 1.19 bits per heavy atom. The molecule has 0 spiro atoms. The number of nitrogens with zero attached hydrogens (tertiary/aromatic N) is 1. The summed E-state index contributed by atoms with van der Waals surface area (Å²) in [6.07, 6.45) is 1.22. The molecule has 0 saturated heterocycles. The largest absolute Gasteiger partial charge is 0.462 e. The second-order valence-corrected chi connectivity index (χ2v) is 8.16. The quantitative estimate of drug-likeness (QED) is 0.497. The Morgan fingerprint density at radius 2 is 1.87 bits per heavy atom. The first-order chi connectivity index (χ1) is 14.6. The lowest BCUT2D eigenvalue weighted by Crippen LogP contribution is -2.31. The Labute approximate surface area is 180 Å². The standard InChI is InChI=1S/C22H26N4O5/c1-5-30-20(28)13-6-8-14(9-7-13)24-19(27)18-12(2)17-15(25-26-21(23)29)10-22(3,4)11-16(17)31-18/h6-9H,5,10-11H2,1-4H3,(H,24,27)(H3,23,26,29)/b25-15-. The van der Waals surface area contributed by atoms with Crippen LogP contribution in [0.1, 0.15) is 65.0 Å². The molecule has 164 valence electrons. The minimum Gasteiger partial charge on any atom is -0.462 e. The number of hydrazone groups is 1. The van der Waals surface area contributed by atoms with Gasteiger partial charge in [0.1, 0.15) is 5.76 Å². The van der Waals surface area contributed by atoms with Crippen LogP contribution in [0.5, 0.6) is 0 Å². The van der Waals surface area contributed by atoms with Gasteiger partial charge in [-0.1, -0.05) is 13.8 Å². The van der Waals surface area contributed by atoms with Crippen molar-refractivity contribution in [1.82, 2.24) is 5.43 Å². The van der Waals surface area contributed by atoms with E-state index in [-0.39, 0.29) is 17.8 Å². The molecule has 0 aliphatic heterocycles. The molecule has 1 aromatic carbocycles. The molecule has 0 saturated carbocycles. The number of urea groups is 1. The summed E-state index contributed by atoms with van der Waals surface area (Å²) in [5.74, 6) is -0.0322. The van der Waals surface area contributed by atoms with E-state index in [1.165, 1.54) is 0 Å². The summed E-state index contributed by atoms with van der Waals surface area (Å²) in [5, 5.41) is 6.91. The van der Waals surface area contributed by atoms with Crippen molar-refractivity contribution in [2.45, 2.75) is 40.5 Å². The lowest BCUT2D eigenvalue weighted by atomic mass is 9.75. The number of hydrogen-bond donors (Lipinski definition) is 3. The molecule has 9 heteroatoms. The van der Waals surface area contributed by atoms with Gasteiger partial charge >= 0.3 is 12.0 Å². The van der Waals surface area contributed by atoms with Crippen LogP contribution in [0, 0.1) is 12.3 Å². The molecule has 0 atom stereocenters. The Morgan fingerprint density at radius 3 is 2.48 bits per heavy atom. The number of carbonyl (C=O) groups is 3. The van der Waals surface area contributed by atoms with Crippen LogP contribution in [0.3, 0.4) is 0 Å². The van der Waals surface area contributed by atoms with E-state index >= 15 is 0 Å². The highest BCUT2D eigenvalue weighted by atomic mass is 16.5. The van der Waals surface area contributed by atoms with Gasteiger partial charge in [-0.3, -0.25) is 4.79 Å². The zero-order chi connectivity index (χ0) is 22.8. The first-order valence-electron chi connectivity index (χ1n) is 9.94. The molecule has 1 heterocycles. The lowest BCUT2D eigenvalue weighted by Gasteiger charge is -2.29. The number of carbonyl (C=O) groups excluding carboxylic acids is 3. The molecule has 31 heavy (non-hydrogen) atoms. The first kappa shape index (κ1) is 22.1. The number of anilines is 1. The van der Waals surface area contributed by atoms with Crippen molar-refractivity contribution in [2.24, 2.45) is 16.3 Å². The van der Waals surface area contributed by atoms with Crippen LogP contribution in [0.2, 0.25) is 0 Å². The number of esters is 1. The van der Waals surface area contributed by atoms with E-state index in [1.54, 1.807) is 38.1 Å². The van der Waals surface area contributed by atoms with Crippen molar-refractivity contribution in [3.8, 4) is 0 Å². The molecular weight excluding hydrogens is 400 g/mol. The van der Waals surface area contributed by atoms with Crippen molar-refractivity contribution in [3.63, 3.8) is 0 Å². The minimum absolute atomic E-state index is 0.161. The van der Waals surface area contributed by atoms with Gasteiger partial charge in [-0.25, -0.2) is 15.0 Å². The van der Waals surface area contributed by atoms with E-state index < -0.39 is 17.9 Å². The van der Waals surface area contributed by atoms with Gasteiger partial charge in [-0.15, -0.1) is 0 Å². The molecule has 2 aromatic rings. The molecule has 1 aliphatic rings. The molecule has 3 rings (SSSR count). The van der Waals surface area contributed by atoms with Crippen molar-refractivity contribution in [1.29, 1.82) is 0 Å². The molecule has 1 aliphatic carbocycles. The third-order valence-electron chi connectivity index (χ3n) is 4.95. The number of fused-ring (bicyclic) bond motifs is 1. The van der Waals surface area contributed by atoms with Crippen molar-refractivity contribution in [2.75, 3.05) is 11.9 Å². The second kappa shape index (κ2) is 8.63. The van der Waals surface area contributed by atoms with E-state index in [0.29, 0.717) is 41.1 Å². The second-order valence-electron chi connectivity index (χ2n) is 8.16. The molecule has 3 amide bonds. The summed E-state index contributed by atoms with van der Waals surface area (Å²) >= 11 is 0. The highest BCUT2D eigenvalue weighted by Gasteiger charge is 2.36. The van der Waals surface area contributed by atoms with Gasteiger partial charge in [-0.2, -0.15) is 5.10 Å². The summed E-state index contributed by atoms with van der Waals surface area (Å²) in [4.78, 5) is 35.8. The number of amides is 3. The number of nitrogens with two attached hydrogens (primary N) is 1. The Kier molecular flexibility index (Phi) is 6.14. The number of primary amides is 1. The fraction of sp³-hybridized carbons (Fsp3) is 0.364. The normalized spacial score (nSPS) is 15.8. The summed E-state index contributed by atoms with van der Waals surface area (Å²) in [5.41, 5.74) is 10.1.